The first kappa shape index (κ1) is 17.9. The van der Waals surface area contributed by atoms with E-state index in [4.69, 9.17) is 18.6 Å². The number of hydrogen-bond donors (Lipinski definition) is 1. The van der Waals surface area contributed by atoms with Crippen LogP contribution in [-0.4, -0.2) is 31.4 Å². The molecule has 2 heterocycles. The molecule has 0 saturated carbocycles. The van der Waals surface area contributed by atoms with E-state index >= 15 is 0 Å². The van der Waals surface area contributed by atoms with Crippen LogP contribution in [0.1, 0.15) is 23.5 Å². The van der Waals surface area contributed by atoms with Gasteiger partial charge in [-0.2, -0.15) is 0 Å². The molecule has 7 nitrogen and oxygen atoms in total. The van der Waals surface area contributed by atoms with Gasteiger partial charge in [-0.3, -0.25) is 4.79 Å². The number of ether oxygens (including phenoxy) is 3. The Labute approximate surface area is 160 Å². The zero-order valence-electron chi connectivity index (χ0n) is 15.1. The fourth-order valence-corrected chi connectivity index (χ4v) is 3.37. The lowest BCUT2D eigenvalue weighted by molar-refractivity contribution is -0.140. The topological polar surface area (TPSA) is 95.2 Å². The fourth-order valence-electron chi connectivity index (χ4n) is 3.37. The van der Waals surface area contributed by atoms with E-state index in [0.29, 0.717) is 35.7 Å². The summed E-state index contributed by atoms with van der Waals surface area (Å²) in [5.74, 6) is -0.406. The van der Waals surface area contributed by atoms with Crippen molar-refractivity contribution in [2.75, 3.05) is 20.3 Å². The van der Waals surface area contributed by atoms with Crippen molar-refractivity contribution in [1.29, 1.82) is 0 Å². The zero-order valence-corrected chi connectivity index (χ0v) is 15.1. The van der Waals surface area contributed by atoms with Gasteiger partial charge in [0.1, 0.15) is 24.5 Å². The van der Waals surface area contributed by atoms with Crippen LogP contribution in [0.4, 0.5) is 0 Å². The van der Waals surface area contributed by atoms with Gasteiger partial charge in [-0.15, -0.1) is 0 Å². The molecule has 1 aromatic heterocycles. The first-order valence-corrected chi connectivity index (χ1v) is 8.79. The molecule has 0 aliphatic carbocycles. The number of methoxy groups -OCH3 is 1. The van der Waals surface area contributed by atoms with Crippen LogP contribution >= 0.6 is 0 Å². The van der Waals surface area contributed by atoms with Gasteiger partial charge in [0.15, 0.2) is 11.5 Å². The Hall–Kier alpha value is -3.48. The van der Waals surface area contributed by atoms with Crippen LogP contribution in [0.5, 0.6) is 17.2 Å². The Morgan fingerprint density at radius 1 is 1.14 bits per heavy atom. The molecule has 0 amide bonds. The zero-order chi connectivity index (χ0) is 19.7. The number of benzene rings is 2. The summed E-state index contributed by atoms with van der Waals surface area (Å²) in [6.45, 7) is 0.856. The number of carbonyl (C=O) groups excluding carboxylic acids is 1. The van der Waals surface area contributed by atoms with Crippen molar-refractivity contribution in [1.82, 2.24) is 0 Å². The summed E-state index contributed by atoms with van der Waals surface area (Å²) >= 11 is 0. The summed E-state index contributed by atoms with van der Waals surface area (Å²) in [7, 11) is 1.27. The van der Waals surface area contributed by atoms with Gasteiger partial charge in [-0.05, 0) is 29.8 Å². The van der Waals surface area contributed by atoms with Gasteiger partial charge in [-0.25, -0.2) is 4.79 Å². The third-order valence-electron chi connectivity index (χ3n) is 4.74. The highest BCUT2D eigenvalue weighted by Crippen LogP contribution is 2.39. The Bertz CT molecular complexity index is 1100. The highest BCUT2D eigenvalue weighted by atomic mass is 16.6. The van der Waals surface area contributed by atoms with Crippen LogP contribution < -0.4 is 15.1 Å². The van der Waals surface area contributed by atoms with E-state index in [0.717, 1.165) is 0 Å². The quantitative estimate of drug-likeness (QED) is 0.547. The average molecular weight is 382 g/mol. The molecule has 1 aliphatic heterocycles. The maximum Gasteiger partial charge on any atom is 0.343 e. The van der Waals surface area contributed by atoms with Gasteiger partial charge in [0, 0.05) is 5.92 Å². The van der Waals surface area contributed by atoms with Crippen LogP contribution in [-0.2, 0) is 9.53 Å². The highest BCUT2D eigenvalue weighted by molar-refractivity contribution is 5.84. The minimum atomic E-state index is -0.774. The maximum atomic E-state index is 12.7. The normalized spacial score (nSPS) is 13.9. The molecular formula is C21H18O7. The predicted molar refractivity (Wildman–Crippen MR) is 100 cm³/mol. The largest absolute Gasteiger partial charge is 0.507 e. The molecule has 7 heteroatoms. The number of esters is 1. The summed E-state index contributed by atoms with van der Waals surface area (Å²) in [4.78, 5) is 24.7. The van der Waals surface area contributed by atoms with E-state index < -0.39 is 17.5 Å². The summed E-state index contributed by atoms with van der Waals surface area (Å²) in [5.41, 5.74) is 0.168. The Kier molecular flexibility index (Phi) is 4.65. The van der Waals surface area contributed by atoms with Crippen LogP contribution in [0.3, 0.4) is 0 Å². The molecule has 0 radical (unpaired) electrons. The highest BCUT2D eigenvalue weighted by Gasteiger charge is 2.28. The molecule has 2 aromatic carbocycles. The monoisotopic (exact) mass is 382 g/mol. The van der Waals surface area contributed by atoms with E-state index in [1.54, 1.807) is 42.5 Å². The average Bonchev–Trinajstić information content (AvgIpc) is 2.72. The first-order valence-electron chi connectivity index (χ1n) is 8.79. The standard InChI is InChI=1S/C21H18O7/c1-25-18(22)11-14(12-6-7-16-17(10-12)27-9-8-26-16)19-20(23)13-4-2-3-5-15(13)28-21(19)24/h2-7,10,14,23H,8-9,11H2,1H3/t14-/m0/s1. The van der Waals surface area contributed by atoms with Crippen molar-refractivity contribution < 1.29 is 28.5 Å². The molecule has 144 valence electrons. The number of para-hydroxylation sites is 1. The van der Waals surface area contributed by atoms with Crippen molar-refractivity contribution in [3.63, 3.8) is 0 Å². The second-order valence-corrected chi connectivity index (χ2v) is 6.38. The maximum absolute atomic E-state index is 12.7. The van der Waals surface area contributed by atoms with Crippen LogP contribution in [0.25, 0.3) is 11.0 Å². The summed E-state index contributed by atoms with van der Waals surface area (Å²) in [6, 6.07) is 11.8. The number of aromatic hydroxyl groups is 1. The van der Waals surface area contributed by atoms with Gasteiger partial charge in [0.25, 0.3) is 0 Å². The van der Waals surface area contributed by atoms with E-state index in [1.807, 2.05) is 0 Å². The molecule has 1 atom stereocenters. The second-order valence-electron chi connectivity index (χ2n) is 6.38. The number of rotatable bonds is 4. The molecule has 1 aliphatic rings. The molecule has 3 aromatic rings. The van der Waals surface area contributed by atoms with Crippen molar-refractivity contribution in [2.24, 2.45) is 0 Å². The molecule has 4 rings (SSSR count). The smallest absolute Gasteiger partial charge is 0.343 e. The number of fused-ring (bicyclic) bond motifs is 2. The first-order chi connectivity index (χ1) is 13.6. The van der Waals surface area contributed by atoms with E-state index in [1.165, 1.54) is 7.11 Å². The lowest BCUT2D eigenvalue weighted by Crippen LogP contribution is -2.19. The fraction of sp³-hybridized carbons (Fsp3) is 0.238. The molecule has 0 saturated heterocycles. The summed E-state index contributed by atoms with van der Waals surface area (Å²) in [5, 5.41) is 11.2. The van der Waals surface area contributed by atoms with Gasteiger partial charge in [0.2, 0.25) is 0 Å². The van der Waals surface area contributed by atoms with Gasteiger partial charge < -0.3 is 23.7 Å². The lowest BCUT2D eigenvalue weighted by Gasteiger charge is -2.22. The van der Waals surface area contributed by atoms with Crippen LogP contribution in [0, 0.1) is 0 Å². The minimum absolute atomic E-state index is 0.000720. The van der Waals surface area contributed by atoms with E-state index in [2.05, 4.69) is 0 Å². The van der Waals surface area contributed by atoms with Crippen LogP contribution in [0.2, 0.25) is 0 Å². The van der Waals surface area contributed by atoms with Crippen molar-refractivity contribution in [3.05, 3.63) is 64.0 Å². The van der Waals surface area contributed by atoms with Crippen molar-refractivity contribution >= 4 is 16.9 Å². The molecule has 0 bridgehead atoms. The van der Waals surface area contributed by atoms with E-state index in [9.17, 15) is 14.7 Å². The molecule has 28 heavy (non-hydrogen) atoms. The Balaban J connectivity index is 1.89. The van der Waals surface area contributed by atoms with Gasteiger partial charge in [0.05, 0.1) is 24.5 Å². The number of carbonyl (C=O) groups is 1. The molecular weight excluding hydrogens is 364 g/mol. The lowest BCUT2D eigenvalue weighted by atomic mass is 9.88. The molecule has 0 unspecified atom stereocenters. The molecule has 1 N–H and O–H groups in total. The van der Waals surface area contributed by atoms with E-state index in [-0.39, 0.29) is 23.3 Å². The van der Waals surface area contributed by atoms with Crippen molar-refractivity contribution in [2.45, 2.75) is 12.3 Å². The van der Waals surface area contributed by atoms with Crippen LogP contribution in [0.15, 0.2) is 51.7 Å². The SMILES string of the molecule is COC(=O)C[C@@H](c1ccc2c(c1)OCCO2)c1c(O)c2ccccc2oc1=O. The number of hydrogen-bond acceptors (Lipinski definition) is 7. The Morgan fingerprint density at radius 2 is 1.89 bits per heavy atom. The molecule has 0 fully saturated rings. The Morgan fingerprint density at radius 3 is 2.68 bits per heavy atom. The second kappa shape index (κ2) is 7.26. The van der Waals surface area contributed by atoms with Crippen molar-refractivity contribution in [3.8, 4) is 17.2 Å². The van der Waals surface area contributed by atoms with Gasteiger partial charge >= 0.3 is 11.6 Å². The minimum Gasteiger partial charge on any atom is -0.507 e. The third-order valence-corrected chi connectivity index (χ3v) is 4.74. The summed E-state index contributed by atoms with van der Waals surface area (Å²) < 4.78 is 21.3. The predicted octanol–water partition coefficient (Wildman–Crippen LogP) is 2.96. The third kappa shape index (κ3) is 3.15. The summed E-state index contributed by atoms with van der Waals surface area (Å²) in [6.07, 6.45) is -0.146. The van der Waals surface area contributed by atoms with Gasteiger partial charge in [-0.1, -0.05) is 18.2 Å². The molecule has 0 spiro atoms.